The zero-order valence-electron chi connectivity index (χ0n) is 14.9. The lowest BCUT2D eigenvalue weighted by atomic mass is 9.88. The summed E-state index contributed by atoms with van der Waals surface area (Å²) in [4.78, 5) is 43.1. The number of hydrogen-bond acceptors (Lipinski definition) is 4. The molecule has 4 rings (SSSR count). The summed E-state index contributed by atoms with van der Waals surface area (Å²) in [7, 11) is 1.62. The fourth-order valence-corrected chi connectivity index (χ4v) is 4.90. The van der Waals surface area contributed by atoms with E-state index in [1.165, 1.54) is 11.3 Å². The van der Waals surface area contributed by atoms with Gasteiger partial charge < -0.3 is 14.5 Å². The lowest BCUT2D eigenvalue weighted by Crippen LogP contribution is -2.45. The van der Waals surface area contributed by atoms with Crippen molar-refractivity contribution in [3.8, 4) is 0 Å². The molecule has 3 saturated heterocycles. The van der Waals surface area contributed by atoms with Crippen LogP contribution in [0, 0.1) is 5.92 Å². The second kappa shape index (κ2) is 6.59. The average molecular weight is 349 g/mol. The van der Waals surface area contributed by atoms with Crippen LogP contribution in [0.15, 0.2) is 0 Å². The van der Waals surface area contributed by atoms with Crippen molar-refractivity contribution < 1.29 is 19.1 Å². The van der Waals surface area contributed by atoms with E-state index in [2.05, 4.69) is 0 Å². The number of imide groups is 1. The maximum absolute atomic E-state index is 12.7. The van der Waals surface area contributed by atoms with Gasteiger partial charge in [0.05, 0.1) is 12.1 Å². The van der Waals surface area contributed by atoms with Gasteiger partial charge >= 0.3 is 6.03 Å². The molecule has 4 aliphatic rings. The summed E-state index contributed by atoms with van der Waals surface area (Å²) in [5.41, 5.74) is 0. The number of fused-ring (bicyclic) bond motifs is 1. The molecule has 0 bridgehead atoms. The van der Waals surface area contributed by atoms with Gasteiger partial charge in [0, 0.05) is 39.1 Å². The summed E-state index contributed by atoms with van der Waals surface area (Å²) in [5, 5.41) is 0. The first-order chi connectivity index (χ1) is 12.1. The third kappa shape index (κ3) is 2.82. The number of likely N-dealkylation sites (tertiary alicyclic amines) is 1. The molecule has 25 heavy (non-hydrogen) atoms. The van der Waals surface area contributed by atoms with Crippen LogP contribution in [0.4, 0.5) is 4.79 Å². The molecule has 0 aromatic rings. The van der Waals surface area contributed by atoms with Gasteiger partial charge in [-0.05, 0) is 19.3 Å². The Labute approximate surface area is 148 Å². The summed E-state index contributed by atoms with van der Waals surface area (Å²) < 4.78 is 5.30. The zero-order valence-corrected chi connectivity index (χ0v) is 14.9. The van der Waals surface area contributed by atoms with Crippen LogP contribution in [-0.4, -0.2) is 77.5 Å². The van der Waals surface area contributed by atoms with Crippen LogP contribution in [0.3, 0.4) is 0 Å². The fourth-order valence-electron chi connectivity index (χ4n) is 4.90. The molecule has 0 spiro atoms. The molecule has 0 radical (unpaired) electrons. The molecule has 0 N–H and O–H groups in total. The molecule has 4 amide bonds. The van der Waals surface area contributed by atoms with Gasteiger partial charge in [0.15, 0.2) is 0 Å². The van der Waals surface area contributed by atoms with Crippen LogP contribution < -0.4 is 0 Å². The largest absolute Gasteiger partial charge is 0.380 e. The first-order valence-electron chi connectivity index (χ1n) is 9.55. The highest BCUT2D eigenvalue weighted by atomic mass is 16.5. The Morgan fingerprint density at radius 2 is 1.84 bits per heavy atom. The van der Waals surface area contributed by atoms with Crippen LogP contribution in [0.1, 0.15) is 44.9 Å². The van der Waals surface area contributed by atoms with Crippen molar-refractivity contribution in [3.63, 3.8) is 0 Å². The van der Waals surface area contributed by atoms with E-state index in [1.54, 1.807) is 12.0 Å². The Kier molecular flexibility index (Phi) is 4.43. The second-order valence-corrected chi connectivity index (χ2v) is 7.81. The Balaban J connectivity index is 1.40. The van der Waals surface area contributed by atoms with Crippen molar-refractivity contribution >= 4 is 17.8 Å². The number of hydrogen-bond donors (Lipinski definition) is 0. The highest BCUT2D eigenvalue weighted by molar-refractivity contribution is 6.05. The number of rotatable bonds is 3. The molecule has 1 saturated carbocycles. The topological polar surface area (TPSA) is 70.2 Å². The lowest BCUT2D eigenvalue weighted by molar-refractivity contribution is -0.136. The minimum absolute atomic E-state index is 0.0481. The predicted octanol–water partition coefficient (Wildman–Crippen LogP) is 1.22. The molecular formula is C18H27N3O4. The third-order valence-electron chi connectivity index (χ3n) is 6.36. The maximum Gasteiger partial charge on any atom is 0.327 e. The predicted molar refractivity (Wildman–Crippen MR) is 89.7 cm³/mol. The molecule has 4 fully saturated rings. The van der Waals surface area contributed by atoms with Crippen molar-refractivity contribution in [1.29, 1.82) is 0 Å². The second-order valence-electron chi connectivity index (χ2n) is 7.81. The van der Waals surface area contributed by atoms with Crippen LogP contribution in [0.2, 0.25) is 0 Å². The molecule has 3 atom stereocenters. The monoisotopic (exact) mass is 349 g/mol. The molecule has 7 heteroatoms. The normalized spacial score (nSPS) is 33.5. The lowest BCUT2D eigenvalue weighted by Gasteiger charge is -2.27. The Hall–Kier alpha value is -1.63. The molecule has 0 aromatic heterocycles. The van der Waals surface area contributed by atoms with E-state index in [4.69, 9.17) is 4.74 Å². The molecule has 3 aliphatic heterocycles. The smallest absolute Gasteiger partial charge is 0.327 e. The number of nitrogens with zero attached hydrogens (tertiary/aromatic N) is 3. The van der Waals surface area contributed by atoms with E-state index in [-0.39, 0.29) is 42.0 Å². The van der Waals surface area contributed by atoms with Crippen molar-refractivity contribution in [2.45, 2.75) is 63.1 Å². The molecule has 7 nitrogen and oxygen atoms in total. The summed E-state index contributed by atoms with van der Waals surface area (Å²) in [6, 6.07) is -0.744. The minimum atomic E-state index is -0.374. The number of carbonyl (C=O) groups excluding carboxylic acids is 3. The molecule has 3 heterocycles. The van der Waals surface area contributed by atoms with Crippen molar-refractivity contribution in [2.24, 2.45) is 5.92 Å². The quantitative estimate of drug-likeness (QED) is 0.719. The van der Waals surface area contributed by atoms with Gasteiger partial charge in [0.2, 0.25) is 5.91 Å². The number of methoxy groups -OCH3 is 1. The number of ether oxygens (including phenoxy) is 1. The van der Waals surface area contributed by atoms with Gasteiger partial charge in [-0.3, -0.25) is 14.5 Å². The molecule has 0 aromatic carbocycles. The first kappa shape index (κ1) is 16.8. The van der Waals surface area contributed by atoms with Crippen LogP contribution in [0.25, 0.3) is 0 Å². The van der Waals surface area contributed by atoms with Gasteiger partial charge in [0.1, 0.15) is 6.04 Å². The Morgan fingerprint density at radius 1 is 1.08 bits per heavy atom. The van der Waals surface area contributed by atoms with Crippen LogP contribution in [0.5, 0.6) is 0 Å². The van der Waals surface area contributed by atoms with Gasteiger partial charge in [0.25, 0.3) is 5.91 Å². The van der Waals surface area contributed by atoms with Gasteiger partial charge in [-0.15, -0.1) is 0 Å². The molecule has 138 valence electrons. The summed E-state index contributed by atoms with van der Waals surface area (Å²) in [6.07, 6.45) is 6.68. The van der Waals surface area contributed by atoms with E-state index in [1.807, 2.05) is 4.90 Å². The van der Waals surface area contributed by atoms with Crippen molar-refractivity contribution in [2.75, 3.05) is 26.7 Å². The van der Waals surface area contributed by atoms with Gasteiger partial charge in [-0.1, -0.05) is 19.3 Å². The van der Waals surface area contributed by atoms with E-state index in [0.29, 0.717) is 32.5 Å². The summed E-state index contributed by atoms with van der Waals surface area (Å²) in [5.74, 6) is 0.255. The molecule has 1 aliphatic carbocycles. The average Bonchev–Trinajstić information content (AvgIpc) is 3.33. The van der Waals surface area contributed by atoms with Crippen LogP contribution in [-0.2, 0) is 14.3 Å². The first-order valence-corrected chi connectivity index (χ1v) is 9.55. The molecule has 0 unspecified atom stereocenters. The molecular weight excluding hydrogens is 322 g/mol. The maximum atomic E-state index is 12.7. The SMILES string of the molecule is CO[C@@H]1C[C@@H]2C(=O)N([C@@H]3CCN(C(=O)C4CCCCC4)C3)C(=O)N2C1. The van der Waals surface area contributed by atoms with E-state index in [9.17, 15) is 14.4 Å². The Bertz CT molecular complexity index is 551. The standard InChI is InChI=1S/C18H27N3O4/c1-25-14-9-15-17(23)21(18(24)20(15)11-14)13-7-8-19(10-13)16(22)12-5-3-2-4-6-12/h12-15H,2-11H2,1H3/t13-,14-,15-/m1/s1. The summed E-state index contributed by atoms with van der Waals surface area (Å²) in [6.45, 7) is 1.64. The van der Waals surface area contributed by atoms with Gasteiger partial charge in [-0.25, -0.2) is 4.79 Å². The number of carbonyl (C=O) groups is 3. The minimum Gasteiger partial charge on any atom is -0.380 e. The van der Waals surface area contributed by atoms with Gasteiger partial charge in [-0.2, -0.15) is 0 Å². The third-order valence-corrected chi connectivity index (χ3v) is 6.36. The number of amides is 4. The van der Waals surface area contributed by atoms with E-state index in [0.717, 1.165) is 25.7 Å². The highest BCUT2D eigenvalue weighted by Gasteiger charge is 2.53. The Morgan fingerprint density at radius 3 is 2.52 bits per heavy atom. The zero-order chi connectivity index (χ0) is 17.6. The summed E-state index contributed by atoms with van der Waals surface area (Å²) >= 11 is 0. The van der Waals surface area contributed by atoms with Crippen LogP contribution >= 0.6 is 0 Å². The number of urea groups is 1. The fraction of sp³-hybridized carbons (Fsp3) is 0.833. The van der Waals surface area contributed by atoms with Crippen molar-refractivity contribution in [1.82, 2.24) is 14.7 Å². The van der Waals surface area contributed by atoms with E-state index >= 15 is 0 Å². The van der Waals surface area contributed by atoms with E-state index < -0.39 is 0 Å². The highest BCUT2D eigenvalue weighted by Crippen LogP contribution is 2.33. The van der Waals surface area contributed by atoms with Crippen molar-refractivity contribution in [3.05, 3.63) is 0 Å².